The molecule has 0 N–H and O–H groups in total. The monoisotopic (exact) mass is 208 g/mol. The molecule has 0 aliphatic heterocycles. The largest absolute Gasteiger partial charge is 0.455 e. The molecule has 3 heteroatoms. The van der Waals surface area contributed by atoms with Gasteiger partial charge in [-0.25, -0.2) is 0 Å². The molecule has 3 nitrogen and oxygen atoms in total. The van der Waals surface area contributed by atoms with Crippen molar-refractivity contribution in [2.75, 3.05) is 0 Å². The van der Waals surface area contributed by atoms with Crippen LogP contribution < -0.4 is 0 Å². The second-order valence-corrected chi connectivity index (χ2v) is 3.93. The van der Waals surface area contributed by atoms with Gasteiger partial charge in [0.05, 0.1) is 5.92 Å². The predicted molar refractivity (Wildman–Crippen MR) is 57.2 cm³/mol. The van der Waals surface area contributed by atoms with E-state index in [-0.39, 0.29) is 17.7 Å². The number of ether oxygens (including phenoxy) is 1. The zero-order valence-electron chi connectivity index (χ0n) is 9.16. The first-order chi connectivity index (χ1) is 6.99. The molecular formula is C12H16O3. The van der Waals surface area contributed by atoms with Crippen molar-refractivity contribution < 1.29 is 14.3 Å². The van der Waals surface area contributed by atoms with Crippen molar-refractivity contribution in [1.82, 2.24) is 0 Å². The van der Waals surface area contributed by atoms with Gasteiger partial charge in [-0.3, -0.25) is 9.59 Å². The average Bonchev–Trinajstić information content (AvgIpc) is 2.39. The fourth-order valence-electron chi connectivity index (χ4n) is 1.89. The Kier molecular flexibility index (Phi) is 3.45. The summed E-state index contributed by atoms with van der Waals surface area (Å²) in [6.45, 7) is 6.74. The SMILES string of the molecule is C=CCCC1C(=O)C=CC1(C)OC(C)=O. The van der Waals surface area contributed by atoms with Gasteiger partial charge in [-0.15, -0.1) is 6.58 Å². The number of esters is 1. The summed E-state index contributed by atoms with van der Waals surface area (Å²) >= 11 is 0. The molecule has 1 rings (SSSR count). The molecular weight excluding hydrogens is 192 g/mol. The number of hydrogen-bond acceptors (Lipinski definition) is 3. The summed E-state index contributed by atoms with van der Waals surface area (Å²) in [5.41, 5.74) is -0.772. The van der Waals surface area contributed by atoms with Crippen LogP contribution in [0.5, 0.6) is 0 Å². The van der Waals surface area contributed by atoms with Crippen molar-refractivity contribution in [2.24, 2.45) is 5.92 Å². The van der Waals surface area contributed by atoms with Crippen LogP contribution in [0.1, 0.15) is 26.7 Å². The first-order valence-corrected chi connectivity index (χ1v) is 5.03. The van der Waals surface area contributed by atoms with E-state index >= 15 is 0 Å². The second kappa shape index (κ2) is 4.43. The Hall–Kier alpha value is -1.38. The molecule has 0 saturated heterocycles. The fraction of sp³-hybridized carbons (Fsp3) is 0.500. The van der Waals surface area contributed by atoms with E-state index in [9.17, 15) is 9.59 Å². The molecule has 0 heterocycles. The lowest BCUT2D eigenvalue weighted by Crippen LogP contribution is -2.37. The lowest BCUT2D eigenvalue weighted by Gasteiger charge is -2.28. The van der Waals surface area contributed by atoms with Gasteiger partial charge >= 0.3 is 5.97 Å². The van der Waals surface area contributed by atoms with Crippen LogP contribution in [0.3, 0.4) is 0 Å². The van der Waals surface area contributed by atoms with Gasteiger partial charge in [-0.05, 0) is 31.9 Å². The summed E-state index contributed by atoms with van der Waals surface area (Å²) < 4.78 is 5.20. The molecule has 1 aliphatic rings. The van der Waals surface area contributed by atoms with E-state index in [2.05, 4.69) is 6.58 Å². The first kappa shape index (κ1) is 11.7. The van der Waals surface area contributed by atoms with E-state index in [0.717, 1.165) is 6.42 Å². The van der Waals surface area contributed by atoms with Crippen molar-refractivity contribution in [1.29, 1.82) is 0 Å². The lowest BCUT2D eigenvalue weighted by atomic mass is 9.87. The van der Waals surface area contributed by atoms with Crippen LogP contribution in [0.25, 0.3) is 0 Å². The summed E-state index contributed by atoms with van der Waals surface area (Å²) in [6.07, 6.45) is 6.34. The van der Waals surface area contributed by atoms with Gasteiger partial charge in [0, 0.05) is 6.92 Å². The van der Waals surface area contributed by atoms with Crippen molar-refractivity contribution >= 4 is 11.8 Å². The molecule has 2 unspecified atom stereocenters. The van der Waals surface area contributed by atoms with Crippen molar-refractivity contribution in [3.05, 3.63) is 24.8 Å². The standard InChI is InChI=1S/C12H16O3/c1-4-5-6-10-11(14)7-8-12(10,3)15-9(2)13/h4,7-8,10H,1,5-6H2,2-3H3. The molecule has 2 atom stereocenters. The molecule has 15 heavy (non-hydrogen) atoms. The van der Waals surface area contributed by atoms with Crippen LogP contribution in [0.15, 0.2) is 24.8 Å². The lowest BCUT2D eigenvalue weighted by molar-refractivity contribution is -0.155. The summed E-state index contributed by atoms with van der Waals surface area (Å²) in [4.78, 5) is 22.5. The maximum Gasteiger partial charge on any atom is 0.303 e. The Labute approximate surface area is 89.8 Å². The molecule has 1 aliphatic carbocycles. The number of ketones is 1. The molecule has 0 amide bonds. The highest BCUT2D eigenvalue weighted by Gasteiger charge is 2.42. The Bertz CT molecular complexity index is 317. The smallest absolute Gasteiger partial charge is 0.303 e. The minimum atomic E-state index is -0.772. The normalized spacial score (nSPS) is 29.2. The molecule has 82 valence electrons. The number of allylic oxidation sites excluding steroid dienone is 2. The zero-order chi connectivity index (χ0) is 11.5. The highest BCUT2D eigenvalue weighted by molar-refractivity contribution is 5.96. The molecule has 0 saturated carbocycles. The molecule has 0 aromatic carbocycles. The molecule has 0 aromatic heterocycles. The fourth-order valence-corrected chi connectivity index (χ4v) is 1.89. The van der Waals surface area contributed by atoms with Crippen molar-refractivity contribution in [3.8, 4) is 0 Å². The Morgan fingerprint density at radius 2 is 2.40 bits per heavy atom. The van der Waals surface area contributed by atoms with Gasteiger partial charge in [0.1, 0.15) is 5.60 Å². The van der Waals surface area contributed by atoms with E-state index in [4.69, 9.17) is 4.74 Å². The molecule has 0 spiro atoms. The number of carbonyl (C=O) groups excluding carboxylic acids is 2. The van der Waals surface area contributed by atoms with Crippen molar-refractivity contribution in [2.45, 2.75) is 32.3 Å². The highest BCUT2D eigenvalue weighted by Crippen LogP contribution is 2.34. The minimum Gasteiger partial charge on any atom is -0.455 e. The topological polar surface area (TPSA) is 43.4 Å². The summed E-state index contributed by atoms with van der Waals surface area (Å²) in [7, 11) is 0. The number of rotatable bonds is 4. The Morgan fingerprint density at radius 3 is 2.93 bits per heavy atom. The zero-order valence-corrected chi connectivity index (χ0v) is 9.16. The molecule has 0 bridgehead atoms. The van der Waals surface area contributed by atoms with Gasteiger partial charge in [-0.2, -0.15) is 0 Å². The van der Waals surface area contributed by atoms with Gasteiger partial charge in [0.2, 0.25) is 0 Å². The molecule has 0 fully saturated rings. The molecule has 0 radical (unpaired) electrons. The third-order valence-corrected chi connectivity index (χ3v) is 2.64. The molecule has 0 aromatic rings. The third-order valence-electron chi connectivity index (χ3n) is 2.64. The summed E-state index contributed by atoms with van der Waals surface area (Å²) in [5.74, 6) is -0.597. The van der Waals surface area contributed by atoms with E-state index in [1.807, 2.05) is 0 Å². The van der Waals surface area contributed by atoms with Gasteiger partial charge in [0.25, 0.3) is 0 Å². The summed E-state index contributed by atoms with van der Waals surface area (Å²) in [5, 5.41) is 0. The first-order valence-electron chi connectivity index (χ1n) is 5.03. The van der Waals surface area contributed by atoms with E-state index in [0.29, 0.717) is 6.42 Å². The van der Waals surface area contributed by atoms with Crippen LogP contribution in [0.2, 0.25) is 0 Å². The quantitative estimate of drug-likeness (QED) is 0.524. The minimum absolute atomic E-state index is 0.0283. The van der Waals surface area contributed by atoms with E-state index in [1.54, 1.807) is 19.1 Å². The van der Waals surface area contributed by atoms with Crippen molar-refractivity contribution in [3.63, 3.8) is 0 Å². The van der Waals surface area contributed by atoms with Gasteiger partial charge < -0.3 is 4.74 Å². The van der Waals surface area contributed by atoms with Crippen LogP contribution in [0.4, 0.5) is 0 Å². The summed E-state index contributed by atoms with van der Waals surface area (Å²) in [6, 6.07) is 0. The van der Waals surface area contributed by atoms with E-state index < -0.39 is 5.60 Å². The number of hydrogen-bond donors (Lipinski definition) is 0. The van der Waals surface area contributed by atoms with Gasteiger partial charge in [-0.1, -0.05) is 6.08 Å². The van der Waals surface area contributed by atoms with E-state index in [1.165, 1.54) is 13.0 Å². The maximum absolute atomic E-state index is 11.6. The van der Waals surface area contributed by atoms with Crippen LogP contribution in [-0.4, -0.2) is 17.4 Å². The average molecular weight is 208 g/mol. The van der Waals surface area contributed by atoms with Crippen LogP contribution in [-0.2, 0) is 14.3 Å². The van der Waals surface area contributed by atoms with Crippen LogP contribution >= 0.6 is 0 Å². The Morgan fingerprint density at radius 1 is 1.73 bits per heavy atom. The highest BCUT2D eigenvalue weighted by atomic mass is 16.6. The number of carbonyl (C=O) groups is 2. The third kappa shape index (κ3) is 2.55. The van der Waals surface area contributed by atoms with Crippen LogP contribution in [0, 0.1) is 5.92 Å². The predicted octanol–water partition coefficient (Wildman–Crippen LogP) is 2.03. The van der Waals surface area contributed by atoms with Gasteiger partial charge in [0.15, 0.2) is 5.78 Å². The maximum atomic E-state index is 11.6. The second-order valence-electron chi connectivity index (χ2n) is 3.93. The Balaban J connectivity index is 2.77.